The highest BCUT2D eigenvalue weighted by atomic mass is 16.4. The Balaban J connectivity index is -0.000000166. The zero-order valence-electron chi connectivity index (χ0n) is 29.7. The van der Waals surface area contributed by atoms with Crippen LogP contribution in [0.15, 0.2) is 0 Å². The number of carbonyl (C=O) groups is 6. The van der Waals surface area contributed by atoms with Gasteiger partial charge in [0.2, 0.25) is 0 Å². The molecule has 0 spiro atoms. The minimum absolute atomic E-state index is 0.966. The highest BCUT2D eigenvalue weighted by Crippen LogP contribution is 2.45. The molecule has 0 amide bonds. The first-order valence-electron chi connectivity index (χ1n) is 13.2. The van der Waals surface area contributed by atoms with Crippen molar-refractivity contribution in [3.8, 4) is 0 Å². The summed E-state index contributed by atoms with van der Waals surface area (Å²) in [5.41, 5.74) is -10.3. The van der Waals surface area contributed by atoms with Crippen LogP contribution in [0.3, 0.4) is 0 Å². The van der Waals surface area contributed by atoms with Gasteiger partial charge in [0.25, 0.3) is 0 Å². The minimum Gasteiger partial charge on any atom is -0.550 e. The van der Waals surface area contributed by atoms with Gasteiger partial charge < -0.3 is 68.7 Å². The molecule has 0 unspecified atom stereocenters. The first-order valence-corrected chi connectivity index (χ1v) is 13.2. The lowest BCUT2D eigenvalue weighted by Crippen LogP contribution is -2.65. The number of aliphatic carboxylic acids is 6. The average molecular weight is 660 g/mol. The summed E-state index contributed by atoms with van der Waals surface area (Å²) in [7, 11) is 25.5. The second kappa shape index (κ2) is 18.6. The lowest BCUT2D eigenvalue weighted by molar-refractivity contribution is -0.849. The predicted molar refractivity (Wildman–Crippen MR) is 156 cm³/mol. The van der Waals surface area contributed by atoms with Gasteiger partial charge in [-0.15, -0.1) is 0 Å². The van der Waals surface area contributed by atoms with Crippen LogP contribution in [0, 0.1) is 10.8 Å². The summed E-state index contributed by atoms with van der Waals surface area (Å²) in [4.78, 5) is 63.2. The number of carbonyl (C=O) groups excluding carboxylic acids is 3. The number of hydrogen-bond acceptors (Lipinski definition) is 11. The third-order valence-corrected chi connectivity index (χ3v) is 4.44. The third kappa shape index (κ3) is 25.6. The molecule has 0 saturated heterocycles. The van der Waals surface area contributed by atoms with Crippen molar-refractivity contribution in [2.45, 2.75) is 51.7 Å². The van der Waals surface area contributed by atoms with Crippen LogP contribution >= 0.6 is 0 Å². The molecule has 268 valence electrons. The van der Waals surface area contributed by atoms with E-state index in [9.17, 15) is 49.2 Å². The number of nitrogens with zero attached hydrogens (tertiary/aromatic N) is 3. The van der Waals surface area contributed by atoms with Crippen LogP contribution in [0.4, 0.5) is 0 Å². The first-order chi connectivity index (χ1) is 19.1. The molecule has 0 saturated carbocycles. The Morgan fingerprint density at radius 1 is 0.489 bits per heavy atom. The fraction of sp³-hybridized carbons (Fsp3) is 0.786. The molecule has 45 heavy (non-hydrogen) atoms. The number of carboxylic acids is 6. The topological polar surface area (TPSA) is 273 Å². The first kappa shape index (κ1) is 51.2. The van der Waals surface area contributed by atoms with Crippen LogP contribution in [0.2, 0.25) is 0 Å². The van der Waals surface area contributed by atoms with Gasteiger partial charge in [-0.2, -0.15) is 0 Å². The second-order valence-electron chi connectivity index (χ2n) is 15.3. The summed E-state index contributed by atoms with van der Waals surface area (Å²) in [6.45, 7) is 3.87. The summed E-state index contributed by atoms with van der Waals surface area (Å²) in [5, 5.41) is 76.0. The second-order valence-corrected chi connectivity index (χ2v) is 15.3. The van der Waals surface area contributed by atoms with Gasteiger partial charge in [0, 0.05) is 24.8 Å². The minimum atomic E-state index is -2.97. The summed E-state index contributed by atoms with van der Waals surface area (Å²) < 4.78 is 3.00. The Hall–Kier alpha value is -3.38. The molecule has 0 aliphatic heterocycles. The van der Waals surface area contributed by atoms with E-state index in [-0.39, 0.29) is 0 Å². The van der Waals surface area contributed by atoms with E-state index < -0.39 is 70.7 Å². The zero-order valence-corrected chi connectivity index (χ0v) is 29.7. The lowest BCUT2D eigenvalue weighted by Gasteiger charge is -2.44. The van der Waals surface area contributed by atoms with Gasteiger partial charge in [0.1, 0.15) is 16.4 Å². The summed E-state index contributed by atoms with van der Waals surface area (Å²) in [6, 6.07) is 0. The molecule has 0 radical (unpaired) electrons. The van der Waals surface area contributed by atoms with E-state index in [1.54, 1.807) is 0 Å². The highest BCUT2D eigenvalue weighted by molar-refractivity contribution is 5.94. The molecule has 0 rings (SSSR count). The Morgan fingerprint density at radius 2 is 0.667 bits per heavy atom. The summed E-state index contributed by atoms with van der Waals surface area (Å²) in [5.74, 6) is -11.1. The van der Waals surface area contributed by atoms with E-state index in [0.29, 0.717) is 0 Å². The Kier molecular flexibility index (Phi) is 21.1. The molecule has 0 bridgehead atoms. The molecule has 0 aliphatic carbocycles. The van der Waals surface area contributed by atoms with E-state index in [2.05, 4.69) is 84.6 Å². The maximum Gasteiger partial charge on any atom is 0.338 e. The van der Waals surface area contributed by atoms with Crippen LogP contribution in [0.5, 0.6) is 0 Å². The van der Waals surface area contributed by atoms with Crippen LogP contribution < -0.4 is 15.3 Å². The molecular formula is C28H57N3O14. The van der Waals surface area contributed by atoms with Gasteiger partial charge in [-0.25, -0.2) is 4.79 Å². The van der Waals surface area contributed by atoms with E-state index in [4.69, 9.17) is 20.4 Å². The lowest BCUT2D eigenvalue weighted by atomic mass is 9.61. The molecule has 0 aromatic carbocycles. The normalized spacial score (nSPS) is 12.1. The van der Waals surface area contributed by atoms with E-state index in [1.165, 1.54) is 0 Å². The van der Waals surface area contributed by atoms with Crippen molar-refractivity contribution in [3.05, 3.63) is 0 Å². The maximum atomic E-state index is 11.1. The van der Waals surface area contributed by atoms with Crippen LogP contribution in [0.1, 0.15) is 40.5 Å². The maximum absolute atomic E-state index is 11.1. The number of aliphatic hydroxyl groups is 2. The Bertz CT molecular complexity index is 913. The van der Waals surface area contributed by atoms with Crippen LogP contribution in [-0.4, -0.2) is 171 Å². The number of hydrogen-bond donors (Lipinski definition) is 5. The molecule has 0 fully saturated rings. The van der Waals surface area contributed by atoms with Crippen LogP contribution in [0.25, 0.3) is 0 Å². The largest absolute Gasteiger partial charge is 0.550 e. The molecule has 0 atom stereocenters. The van der Waals surface area contributed by atoms with Crippen molar-refractivity contribution in [2.75, 3.05) is 84.6 Å². The van der Waals surface area contributed by atoms with Gasteiger partial charge in [-0.1, -0.05) is 0 Å². The summed E-state index contributed by atoms with van der Waals surface area (Å²) >= 11 is 0. The van der Waals surface area contributed by atoms with Gasteiger partial charge in [-0.05, 0) is 27.7 Å². The molecule has 17 heteroatoms. The van der Waals surface area contributed by atoms with E-state index >= 15 is 0 Å². The van der Waals surface area contributed by atoms with Crippen molar-refractivity contribution >= 4 is 35.8 Å². The van der Waals surface area contributed by atoms with Crippen molar-refractivity contribution in [3.63, 3.8) is 0 Å². The summed E-state index contributed by atoms with van der Waals surface area (Å²) in [6.07, 6.45) is -2.72. The van der Waals surface area contributed by atoms with Crippen LogP contribution in [-0.2, 0) is 28.8 Å². The van der Waals surface area contributed by atoms with E-state index in [0.717, 1.165) is 41.1 Å². The molecule has 17 nitrogen and oxygen atoms in total. The molecule has 5 N–H and O–H groups in total. The Morgan fingerprint density at radius 3 is 0.756 bits per heavy atom. The SMILES string of the molecule is CC(C)(C(=O)O)C(O)(C(=O)O)C(C)(C)C(=O)O.C[N+](C)(C)C.C[N+](C)(C)C.C[N+](C)(C)C.O=C([O-])CC(O)(CC(=O)[O-])C(=O)[O-]. The monoisotopic (exact) mass is 659 g/mol. The van der Waals surface area contributed by atoms with Crippen molar-refractivity contribution in [1.82, 2.24) is 0 Å². The van der Waals surface area contributed by atoms with Crippen molar-refractivity contribution in [2.24, 2.45) is 10.8 Å². The van der Waals surface area contributed by atoms with Crippen molar-refractivity contribution < 1.29 is 83.1 Å². The van der Waals surface area contributed by atoms with Gasteiger partial charge in [0.05, 0.1) is 90.5 Å². The van der Waals surface area contributed by atoms with Gasteiger partial charge in [-0.3, -0.25) is 9.59 Å². The smallest absolute Gasteiger partial charge is 0.338 e. The standard InChI is InChI=1S/C10H16O7.C6H8O7.3C4H12N/c1-8(2,5(11)12)10(17,7(15)16)9(3,4)6(13)14;7-3(8)1-6(13,5(11)12)2-4(9)10;3*1-5(2,3)4/h17H,1-4H3,(H,11,12)(H,13,14)(H,15,16);13H,1-2H2,(H,7,8)(H,9,10)(H,11,12);3*1-4H3/q;;3*+1/p-3. The highest BCUT2D eigenvalue weighted by Gasteiger charge is 2.66. The molecule has 0 aromatic rings. The Labute approximate surface area is 266 Å². The quantitative estimate of drug-likeness (QED) is 0.139. The van der Waals surface area contributed by atoms with Gasteiger partial charge >= 0.3 is 17.9 Å². The number of quaternary nitrogens is 3. The zero-order chi connectivity index (χ0) is 38.4. The molecule has 0 aromatic heterocycles. The van der Waals surface area contributed by atoms with Crippen molar-refractivity contribution in [1.29, 1.82) is 0 Å². The fourth-order valence-electron chi connectivity index (χ4n) is 2.31. The fourth-order valence-corrected chi connectivity index (χ4v) is 2.31. The van der Waals surface area contributed by atoms with E-state index in [1.807, 2.05) is 0 Å². The third-order valence-electron chi connectivity index (χ3n) is 4.44. The average Bonchev–Trinajstić information content (AvgIpc) is 2.67. The number of carboxylic acid groups (broad SMARTS) is 6. The molecular weight excluding hydrogens is 602 g/mol. The predicted octanol–water partition coefficient (Wildman–Crippen LogP) is -4.26. The molecule has 0 aliphatic rings. The number of rotatable bonds is 10. The molecule has 0 heterocycles. The van der Waals surface area contributed by atoms with Gasteiger partial charge in [0.15, 0.2) is 5.60 Å².